The van der Waals surface area contributed by atoms with Crippen molar-refractivity contribution < 1.29 is 18.0 Å². The minimum atomic E-state index is -0.715. The number of thioether (sulfide) groups is 1. The third-order valence-corrected chi connectivity index (χ3v) is 5.33. The van der Waals surface area contributed by atoms with Crippen molar-refractivity contribution in [1.82, 2.24) is 15.2 Å². The van der Waals surface area contributed by atoms with Gasteiger partial charge in [-0.3, -0.25) is 4.79 Å². The lowest BCUT2D eigenvalue weighted by Gasteiger charge is -2.10. The number of rotatable bonds is 5. The molecule has 3 rings (SSSR count). The summed E-state index contributed by atoms with van der Waals surface area (Å²) in [6, 6.07) is 2.85. The Hall–Kier alpha value is -2.33. The molecule has 1 N–H and O–H groups in total. The number of carbonyl (C=O) groups excluding carboxylic acids is 1. The first-order valence-electron chi connectivity index (χ1n) is 7.54. The van der Waals surface area contributed by atoms with Crippen LogP contribution in [0.5, 0.6) is 0 Å². The molecule has 1 unspecified atom stereocenters. The minimum Gasteiger partial charge on any atom is -0.410 e. The normalized spacial score (nSPS) is 12.2. The Balaban J connectivity index is 1.68. The fourth-order valence-electron chi connectivity index (χ4n) is 2.11. The van der Waals surface area contributed by atoms with Gasteiger partial charge in [-0.1, -0.05) is 11.8 Å². The molecule has 136 valence electrons. The summed E-state index contributed by atoms with van der Waals surface area (Å²) in [6.07, 6.45) is 0. The Morgan fingerprint density at radius 1 is 1.31 bits per heavy atom. The maximum atomic E-state index is 13.6. The van der Waals surface area contributed by atoms with Gasteiger partial charge < -0.3 is 9.73 Å². The molecule has 0 fully saturated rings. The molecule has 1 amide bonds. The number of thiazole rings is 1. The van der Waals surface area contributed by atoms with Crippen LogP contribution in [0.4, 0.5) is 14.5 Å². The average molecular weight is 396 g/mol. The number of nitrogens with zero attached hydrogens (tertiary/aromatic N) is 3. The first-order chi connectivity index (χ1) is 12.3. The van der Waals surface area contributed by atoms with Crippen LogP contribution in [0.2, 0.25) is 0 Å². The molecule has 6 nitrogen and oxygen atoms in total. The molecule has 26 heavy (non-hydrogen) atoms. The van der Waals surface area contributed by atoms with E-state index in [4.69, 9.17) is 4.42 Å². The molecular weight excluding hydrogens is 382 g/mol. The number of anilines is 1. The summed E-state index contributed by atoms with van der Waals surface area (Å²) < 4.78 is 32.4. The third-order valence-electron chi connectivity index (χ3n) is 3.34. The predicted octanol–water partition coefficient (Wildman–Crippen LogP) is 4.21. The number of halogens is 2. The van der Waals surface area contributed by atoms with Crippen LogP contribution < -0.4 is 5.32 Å². The molecule has 0 bridgehead atoms. The van der Waals surface area contributed by atoms with Crippen LogP contribution in [-0.4, -0.2) is 26.3 Å². The predicted molar refractivity (Wildman–Crippen MR) is 95.2 cm³/mol. The maximum absolute atomic E-state index is 13.6. The molecule has 10 heteroatoms. The number of aromatic nitrogens is 3. The van der Waals surface area contributed by atoms with Crippen LogP contribution in [0.25, 0.3) is 10.8 Å². The monoisotopic (exact) mass is 396 g/mol. The number of hydrogen-bond donors (Lipinski definition) is 1. The Morgan fingerprint density at radius 3 is 2.77 bits per heavy atom. The van der Waals surface area contributed by atoms with Crippen molar-refractivity contribution in [2.45, 2.75) is 31.2 Å². The number of amides is 1. The topological polar surface area (TPSA) is 80.9 Å². The fraction of sp³-hybridized carbons (Fsp3) is 0.250. The molecule has 3 aromatic rings. The van der Waals surface area contributed by atoms with Crippen LogP contribution in [-0.2, 0) is 4.79 Å². The van der Waals surface area contributed by atoms with Crippen molar-refractivity contribution >= 4 is 34.7 Å². The van der Waals surface area contributed by atoms with Gasteiger partial charge in [0.2, 0.25) is 5.91 Å². The molecule has 0 saturated heterocycles. The van der Waals surface area contributed by atoms with Gasteiger partial charge in [0, 0.05) is 6.07 Å². The summed E-state index contributed by atoms with van der Waals surface area (Å²) in [7, 11) is 0. The second kappa shape index (κ2) is 7.50. The van der Waals surface area contributed by atoms with E-state index >= 15 is 0 Å². The zero-order chi connectivity index (χ0) is 18.8. The molecule has 1 aromatic carbocycles. The summed E-state index contributed by atoms with van der Waals surface area (Å²) in [4.78, 5) is 17.3. The molecule has 0 spiro atoms. The second-order valence-corrected chi connectivity index (χ2v) is 7.89. The van der Waals surface area contributed by atoms with E-state index in [9.17, 15) is 13.6 Å². The molecule has 2 aromatic heterocycles. The number of carbonyl (C=O) groups is 1. The average Bonchev–Trinajstić information content (AvgIpc) is 3.16. The summed E-state index contributed by atoms with van der Waals surface area (Å²) in [5, 5.41) is 10.7. The number of aryl methyl sites for hydroxylation is 2. The van der Waals surface area contributed by atoms with Crippen molar-refractivity contribution in [2.75, 3.05) is 5.32 Å². The van der Waals surface area contributed by atoms with Gasteiger partial charge in [0.15, 0.2) is 0 Å². The summed E-state index contributed by atoms with van der Waals surface area (Å²) >= 11 is 2.46. The lowest BCUT2D eigenvalue weighted by Crippen LogP contribution is -2.23. The molecule has 1 atom stereocenters. The lowest BCUT2D eigenvalue weighted by molar-refractivity contribution is -0.115. The summed E-state index contributed by atoms with van der Waals surface area (Å²) in [6.45, 7) is 5.33. The molecule has 0 aliphatic carbocycles. The Morgan fingerprint density at radius 2 is 2.08 bits per heavy atom. The van der Waals surface area contributed by atoms with Crippen LogP contribution in [0, 0.1) is 25.5 Å². The van der Waals surface area contributed by atoms with Gasteiger partial charge in [-0.15, -0.1) is 21.5 Å². The largest absolute Gasteiger partial charge is 0.410 e. The van der Waals surface area contributed by atoms with Crippen LogP contribution in [0.15, 0.2) is 27.8 Å². The van der Waals surface area contributed by atoms with E-state index in [1.165, 1.54) is 11.3 Å². The molecule has 2 heterocycles. The van der Waals surface area contributed by atoms with Crippen molar-refractivity contribution in [1.29, 1.82) is 0 Å². The zero-order valence-electron chi connectivity index (χ0n) is 14.0. The SMILES string of the molecule is Cc1nc(C)c(-c2nnc(SC(C)C(=O)Nc3cc(F)ccc3F)o2)s1. The molecule has 0 radical (unpaired) electrons. The lowest BCUT2D eigenvalue weighted by atomic mass is 10.3. The van der Waals surface area contributed by atoms with E-state index in [1.54, 1.807) is 6.92 Å². The summed E-state index contributed by atoms with van der Waals surface area (Å²) in [5.41, 5.74) is 0.574. The van der Waals surface area contributed by atoms with Crippen molar-refractivity contribution in [2.24, 2.45) is 0 Å². The van der Waals surface area contributed by atoms with E-state index < -0.39 is 22.8 Å². The number of benzene rings is 1. The van der Waals surface area contributed by atoms with Crippen molar-refractivity contribution in [3.05, 3.63) is 40.5 Å². The van der Waals surface area contributed by atoms with E-state index in [0.29, 0.717) is 5.89 Å². The third kappa shape index (κ3) is 4.07. The first kappa shape index (κ1) is 18.5. The Kier molecular flexibility index (Phi) is 5.33. The van der Waals surface area contributed by atoms with Gasteiger partial charge >= 0.3 is 0 Å². The number of hydrogen-bond acceptors (Lipinski definition) is 7. The zero-order valence-corrected chi connectivity index (χ0v) is 15.7. The summed E-state index contributed by atoms with van der Waals surface area (Å²) in [5.74, 6) is -1.53. The van der Waals surface area contributed by atoms with Gasteiger partial charge in [-0.05, 0) is 32.9 Å². The van der Waals surface area contributed by atoms with Gasteiger partial charge in [0.1, 0.15) is 16.5 Å². The standard InChI is InChI=1S/C16H14F2N4O2S2/c1-7-13(26-9(3)19-7)15-21-22-16(24-15)25-8(2)14(23)20-12-6-10(17)4-5-11(12)18/h4-6,8H,1-3H3,(H,20,23). The highest BCUT2D eigenvalue weighted by molar-refractivity contribution is 8.00. The molecule has 0 aliphatic rings. The van der Waals surface area contributed by atoms with Gasteiger partial charge in [0.25, 0.3) is 11.1 Å². The van der Waals surface area contributed by atoms with Crippen molar-refractivity contribution in [3.8, 4) is 10.8 Å². The number of nitrogens with one attached hydrogen (secondary N) is 1. The smallest absolute Gasteiger partial charge is 0.277 e. The van der Waals surface area contributed by atoms with Crippen molar-refractivity contribution in [3.63, 3.8) is 0 Å². The minimum absolute atomic E-state index is 0.202. The van der Waals surface area contributed by atoms with Crippen LogP contribution >= 0.6 is 23.1 Å². The van der Waals surface area contributed by atoms with E-state index in [2.05, 4.69) is 20.5 Å². The highest BCUT2D eigenvalue weighted by Crippen LogP contribution is 2.31. The van der Waals surface area contributed by atoms with Crippen LogP contribution in [0.1, 0.15) is 17.6 Å². The highest BCUT2D eigenvalue weighted by Gasteiger charge is 2.21. The van der Waals surface area contributed by atoms with E-state index in [0.717, 1.165) is 45.5 Å². The Bertz CT molecular complexity index is 958. The second-order valence-electron chi connectivity index (χ2n) is 5.39. The first-order valence-corrected chi connectivity index (χ1v) is 9.23. The Labute approximate surface area is 156 Å². The quantitative estimate of drug-likeness (QED) is 0.651. The fourth-order valence-corrected chi connectivity index (χ4v) is 3.64. The van der Waals surface area contributed by atoms with Gasteiger partial charge in [-0.2, -0.15) is 0 Å². The van der Waals surface area contributed by atoms with E-state index in [-0.39, 0.29) is 10.9 Å². The highest BCUT2D eigenvalue weighted by atomic mass is 32.2. The molecule has 0 saturated carbocycles. The molecular formula is C16H14F2N4O2S2. The van der Waals surface area contributed by atoms with Gasteiger partial charge in [-0.25, -0.2) is 13.8 Å². The maximum Gasteiger partial charge on any atom is 0.277 e. The van der Waals surface area contributed by atoms with Crippen LogP contribution in [0.3, 0.4) is 0 Å². The molecule has 0 aliphatic heterocycles. The van der Waals surface area contributed by atoms with E-state index in [1.807, 2.05) is 13.8 Å². The van der Waals surface area contributed by atoms with Gasteiger partial charge in [0.05, 0.1) is 21.6 Å².